The number of hydrogen-bond donors (Lipinski definition) is 2. The van der Waals surface area contributed by atoms with Gasteiger partial charge in [-0.1, -0.05) is 0 Å². The molecule has 0 aliphatic heterocycles. The molecule has 0 aromatic heterocycles. The summed E-state index contributed by atoms with van der Waals surface area (Å²) in [4.78, 5) is 10.9. The Morgan fingerprint density at radius 1 is 1.21 bits per heavy atom. The third kappa shape index (κ3) is 1.35. The van der Waals surface area contributed by atoms with Crippen LogP contribution in [0, 0.1) is 0 Å². The Morgan fingerprint density at radius 3 is 2.50 bits per heavy atom. The Morgan fingerprint density at radius 2 is 1.86 bits per heavy atom. The summed E-state index contributed by atoms with van der Waals surface area (Å²) in [6.45, 7) is 0. The molecule has 0 fully saturated rings. The van der Waals surface area contributed by atoms with Crippen molar-refractivity contribution in [3.05, 3.63) is 28.8 Å². The lowest BCUT2D eigenvalue weighted by Gasteiger charge is -2.19. The Balaban J connectivity index is 2.59. The lowest BCUT2D eigenvalue weighted by atomic mass is 9.87. The van der Waals surface area contributed by atoms with E-state index in [1.807, 2.05) is 0 Å². The smallest absolute Gasteiger partial charge is 0.335 e. The lowest BCUT2D eigenvalue weighted by Crippen LogP contribution is -2.12. The highest BCUT2D eigenvalue weighted by atomic mass is 16.4. The monoisotopic (exact) mass is 191 g/mol. The van der Waals surface area contributed by atoms with Gasteiger partial charge < -0.3 is 10.8 Å². The zero-order valence-electron chi connectivity index (χ0n) is 7.92. The summed E-state index contributed by atoms with van der Waals surface area (Å²) in [6, 6.07) is 3.31. The topological polar surface area (TPSA) is 63.3 Å². The van der Waals surface area contributed by atoms with Crippen molar-refractivity contribution in [3.63, 3.8) is 0 Å². The number of benzene rings is 1. The predicted molar refractivity (Wildman–Crippen MR) is 54.5 cm³/mol. The van der Waals surface area contributed by atoms with Crippen LogP contribution >= 0.6 is 0 Å². The molecule has 3 N–H and O–H groups in total. The fourth-order valence-corrected chi connectivity index (χ4v) is 2.10. The Bertz CT molecular complexity index is 385. The van der Waals surface area contributed by atoms with Crippen LogP contribution in [0.3, 0.4) is 0 Å². The molecule has 1 aliphatic rings. The minimum atomic E-state index is -0.844. The fourth-order valence-electron chi connectivity index (χ4n) is 2.10. The molecule has 3 nitrogen and oxygen atoms in total. The molecule has 14 heavy (non-hydrogen) atoms. The molecule has 0 amide bonds. The van der Waals surface area contributed by atoms with Crippen molar-refractivity contribution in [3.8, 4) is 0 Å². The first-order valence-electron chi connectivity index (χ1n) is 4.83. The van der Waals surface area contributed by atoms with E-state index in [9.17, 15) is 4.79 Å². The minimum Gasteiger partial charge on any atom is -0.478 e. The number of carboxylic acid groups (broad SMARTS) is 1. The quantitative estimate of drug-likeness (QED) is 0.666. The number of nitrogens with two attached hydrogens (primary N) is 1. The van der Waals surface area contributed by atoms with Crippen molar-refractivity contribution >= 4 is 11.7 Å². The number of anilines is 1. The fraction of sp³-hybridized carbons (Fsp3) is 0.364. The number of nitrogen functional groups attached to an aromatic ring is 1. The van der Waals surface area contributed by atoms with E-state index in [0.29, 0.717) is 5.56 Å². The van der Waals surface area contributed by atoms with Gasteiger partial charge in [0.25, 0.3) is 0 Å². The molecular formula is C11H13NO2. The third-order valence-electron chi connectivity index (χ3n) is 2.80. The molecule has 0 atom stereocenters. The maximum absolute atomic E-state index is 10.9. The van der Waals surface area contributed by atoms with Crippen LogP contribution in [0.25, 0.3) is 0 Å². The van der Waals surface area contributed by atoms with E-state index in [1.54, 1.807) is 12.1 Å². The van der Waals surface area contributed by atoms with Gasteiger partial charge in [-0.3, -0.25) is 0 Å². The molecule has 2 rings (SSSR count). The van der Waals surface area contributed by atoms with E-state index in [0.717, 1.165) is 42.5 Å². The van der Waals surface area contributed by atoms with Crippen LogP contribution in [0.2, 0.25) is 0 Å². The van der Waals surface area contributed by atoms with Gasteiger partial charge in [0.2, 0.25) is 0 Å². The zero-order chi connectivity index (χ0) is 10.1. The lowest BCUT2D eigenvalue weighted by molar-refractivity contribution is 0.0695. The molecular weight excluding hydrogens is 178 g/mol. The first-order chi connectivity index (χ1) is 6.70. The maximum Gasteiger partial charge on any atom is 0.335 e. The molecule has 1 aliphatic carbocycles. The van der Waals surface area contributed by atoms with Gasteiger partial charge >= 0.3 is 5.97 Å². The summed E-state index contributed by atoms with van der Waals surface area (Å²) < 4.78 is 0. The Hall–Kier alpha value is -1.51. The van der Waals surface area contributed by atoms with Crippen LogP contribution in [0.1, 0.15) is 34.3 Å². The van der Waals surface area contributed by atoms with Gasteiger partial charge in [0, 0.05) is 5.69 Å². The molecule has 0 saturated carbocycles. The number of carboxylic acids is 1. The van der Waals surface area contributed by atoms with Crippen LogP contribution in [-0.2, 0) is 12.8 Å². The molecule has 0 radical (unpaired) electrons. The summed E-state index contributed by atoms with van der Waals surface area (Å²) in [5, 5.41) is 8.99. The number of carbonyl (C=O) groups is 1. The summed E-state index contributed by atoms with van der Waals surface area (Å²) in [5.41, 5.74) is 8.98. The highest BCUT2D eigenvalue weighted by molar-refractivity contribution is 5.90. The highest BCUT2D eigenvalue weighted by Gasteiger charge is 2.18. The first-order valence-corrected chi connectivity index (χ1v) is 4.83. The van der Waals surface area contributed by atoms with E-state index >= 15 is 0 Å². The number of fused-ring (bicyclic) bond motifs is 1. The summed E-state index contributed by atoms with van der Waals surface area (Å²) in [5.74, 6) is -0.844. The van der Waals surface area contributed by atoms with Gasteiger partial charge in [-0.05, 0) is 48.9 Å². The van der Waals surface area contributed by atoms with E-state index in [1.165, 1.54) is 0 Å². The molecule has 1 aromatic carbocycles. The van der Waals surface area contributed by atoms with Gasteiger partial charge in [-0.25, -0.2) is 4.79 Å². The van der Waals surface area contributed by atoms with E-state index in [4.69, 9.17) is 10.8 Å². The van der Waals surface area contributed by atoms with Crippen molar-refractivity contribution in [2.24, 2.45) is 0 Å². The molecule has 1 aromatic rings. The molecule has 0 saturated heterocycles. The predicted octanol–water partition coefficient (Wildman–Crippen LogP) is 1.85. The largest absolute Gasteiger partial charge is 0.478 e. The summed E-state index contributed by atoms with van der Waals surface area (Å²) in [7, 11) is 0. The average molecular weight is 191 g/mol. The molecule has 74 valence electrons. The zero-order valence-corrected chi connectivity index (χ0v) is 7.92. The van der Waals surface area contributed by atoms with Gasteiger partial charge in [0.1, 0.15) is 0 Å². The number of rotatable bonds is 1. The van der Waals surface area contributed by atoms with Crippen molar-refractivity contribution in [2.75, 3.05) is 5.73 Å². The van der Waals surface area contributed by atoms with Crippen LogP contribution in [-0.4, -0.2) is 11.1 Å². The van der Waals surface area contributed by atoms with Crippen molar-refractivity contribution in [2.45, 2.75) is 25.7 Å². The Kier molecular flexibility index (Phi) is 2.15. The molecule has 0 spiro atoms. The second kappa shape index (κ2) is 3.33. The van der Waals surface area contributed by atoms with E-state index in [2.05, 4.69) is 0 Å². The van der Waals surface area contributed by atoms with Gasteiger partial charge in [0.15, 0.2) is 0 Å². The van der Waals surface area contributed by atoms with E-state index < -0.39 is 5.97 Å². The van der Waals surface area contributed by atoms with Crippen LogP contribution in [0.15, 0.2) is 12.1 Å². The van der Waals surface area contributed by atoms with Gasteiger partial charge in [0.05, 0.1) is 5.56 Å². The molecule has 3 heteroatoms. The van der Waals surface area contributed by atoms with Gasteiger partial charge in [-0.2, -0.15) is 0 Å². The van der Waals surface area contributed by atoms with E-state index in [-0.39, 0.29) is 0 Å². The highest BCUT2D eigenvalue weighted by Crippen LogP contribution is 2.29. The molecule has 0 bridgehead atoms. The minimum absolute atomic E-state index is 0.425. The summed E-state index contributed by atoms with van der Waals surface area (Å²) in [6.07, 6.45) is 3.95. The number of hydrogen-bond acceptors (Lipinski definition) is 2. The van der Waals surface area contributed by atoms with Crippen molar-refractivity contribution in [1.82, 2.24) is 0 Å². The average Bonchev–Trinajstić information content (AvgIpc) is 2.18. The third-order valence-corrected chi connectivity index (χ3v) is 2.80. The second-order valence-corrected chi connectivity index (χ2v) is 3.67. The van der Waals surface area contributed by atoms with Gasteiger partial charge in [-0.15, -0.1) is 0 Å². The maximum atomic E-state index is 10.9. The van der Waals surface area contributed by atoms with Crippen molar-refractivity contribution in [1.29, 1.82) is 0 Å². The van der Waals surface area contributed by atoms with Crippen LogP contribution in [0.4, 0.5) is 5.69 Å². The second-order valence-electron chi connectivity index (χ2n) is 3.67. The Labute approximate surface area is 82.5 Å². The normalized spacial score (nSPS) is 14.9. The standard InChI is InChI=1S/C11H13NO2/c12-10-6-5-9(11(13)14)7-3-1-2-4-8(7)10/h5-6H,1-4,12H2,(H,13,14). The molecule has 0 unspecified atom stereocenters. The first kappa shape index (κ1) is 9.06. The summed E-state index contributed by atoms with van der Waals surface area (Å²) >= 11 is 0. The van der Waals surface area contributed by atoms with Crippen molar-refractivity contribution < 1.29 is 9.90 Å². The van der Waals surface area contributed by atoms with Crippen LogP contribution < -0.4 is 5.73 Å². The number of aromatic carboxylic acids is 1. The SMILES string of the molecule is Nc1ccc(C(=O)O)c2c1CCCC2. The molecule has 0 heterocycles. The van der Waals surface area contributed by atoms with Crippen LogP contribution in [0.5, 0.6) is 0 Å².